The fraction of sp³-hybridized carbons (Fsp3) is 0.143. The summed E-state index contributed by atoms with van der Waals surface area (Å²) in [5.41, 5.74) is 9.56. The number of carbonyl (C=O) groups excluding carboxylic acids is 2. The molecular formula is C14H14N4O2. The Morgan fingerprint density at radius 1 is 1.40 bits per heavy atom. The SMILES string of the molecule is CC1=CC(=O)c2cc(CC=NNC(=N)N)ccc2C1=O. The third kappa shape index (κ3) is 2.80. The zero-order chi connectivity index (χ0) is 14.7. The highest BCUT2D eigenvalue weighted by molar-refractivity contribution is 6.24. The normalized spacial score (nSPS) is 14.2. The van der Waals surface area contributed by atoms with Gasteiger partial charge in [0.25, 0.3) is 0 Å². The van der Waals surface area contributed by atoms with E-state index in [1.165, 1.54) is 6.08 Å². The minimum Gasteiger partial charge on any atom is -0.369 e. The lowest BCUT2D eigenvalue weighted by Gasteiger charge is -2.13. The molecule has 2 rings (SSSR count). The summed E-state index contributed by atoms with van der Waals surface area (Å²) in [6.45, 7) is 1.64. The maximum atomic E-state index is 11.9. The van der Waals surface area contributed by atoms with Gasteiger partial charge in [0.1, 0.15) is 0 Å². The van der Waals surface area contributed by atoms with Gasteiger partial charge in [-0.3, -0.25) is 15.0 Å². The van der Waals surface area contributed by atoms with Gasteiger partial charge in [0.15, 0.2) is 11.6 Å². The molecule has 0 fully saturated rings. The first-order valence-electron chi connectivity index (χ1n) is 6.01. The number of benzene rings is 1. The Hall–Kier alpha value is -2.76. The van der Waals surface area contributed by atoms with Gasteiger partial charge in [0.2, 0.25) is 5.96 Å². The lowest BCUT2D eigenvalue weighted by molar-refractivity contribution is 0.0984. The van der Waals surface area contributed by atoms with Crippen LogP contribution in [0, 0.1) is 5.41 Å². The predicted molar refractivity (Wildman–Crippen MR) is 76.1 cm³/mol. The summed E-state index contributed by atoms with van der Waals surface area (Å²) in [5, 5.41) is 10.7. The van der Waals surface area contributed by atoms with Crippen molar-refractivity contribution in [1.82, 2.24) is 5.43 Å². The first-order valence-corrected chi connectivity index (χ1v) is 6.01. The molecule has 1 aliphatic rings. The maximum absolute atomic E-state index is 11.9. The summed E-state index contributed by atoms with van der Waals surface area (Å²) in [5.74, 6) is -0.510. The van der Waals surface area contributed by atoms with Gasteiger partial charge in [-0.1, -0.05) is 12.1 Å². The number of allylic oxidation sites excluding steroid dienone is 2. The number of nitrogens with one attached hydrogen (secondary N) is 2. The van der Waals surface area contributed by atoms with Crippen LogP contribution >= 0.6 is 0 Å². The number of carbonyl (C=O) groups is 2. The van der Waals surface area contributed by atoms with Crippen molar-refractivity contribution < 1.29 is 9.59 Å². The zero-order valence-corrected chi connectivity index (χ0v) is 10.9. The van der Waals surface area contributed by atoms with E-state index in [1.807, 2.05) is 0 Å². The zero-order valence-electron chi connectivity index (χ0n) is 10.9. The molecule has 102 valence electrons. The standard InChI is InChI=1S/C14H14N4O2/c1-8-6-12(19)11-7-9(2-3-10(11)13(8)20)4-5-17-18-14(15)16/h2-3,5-7H,4H2,1H3,(H4,15,16,18). The van der Waals surface area contributed by atoms with Crippen LogP contribution in [0.25, 0.3) is 0 Å². The topological polar surface area (TPSA) is 108 Å². The van der Waals surface area contributed by atoms with Crippen LogP contribution < -0.4 is 11.2 Å². The van der Waals surface area contributed by atoms with Gasteiger partial charge >= 0.3 is 0 Å². The highest BCUT2D eigenvalue weighted by atomic mass is 16.1. The van der Waals surface area contributed by atoms with E-state index in [2.05, 4.69) is 10.5 Å². The summed E-state index contributed by atoms with van der Waals surface area (Å²) in [6, 6.07) is 5.13. The Morgan fingerprint density at radius 2 is 2.15 bits per heavy atom. The third-order valence-corrected chi connectivity index (χ3v) is 2.90. The molecule has 0 atom stereocenters. The molecule has 0 aromatic heterocycles. The molecule has 1 aliphatic carbocycles. The molecule has 4 N–H and O–H groups in total. The average Bonchev–Trinajstić information content (AvgIpc) is 2.41. The average molecular weight is 270 g/mol. The number of Topliss-reactive ketones (excluding diaryl/α,β-unsaturated/α-hetero) is 1. The predicted octanol–water partition coefficient (Wildman–Crippen LogP) is 1.02. The molecule has 6 nitrogen and oxygen atoms in total. The van der Waals surface area contributed by atoms with Crippen molar-refractivity contribution in [2.45, 2.75) is 13.3 Å². The summed E-state index contributed by atoms with van der Waals surface area (Å²) in [6.07, 6.45) is 3.37. The van der Waals surface area contributed by atoms with Gasteiger partial charge in [-0.25, -0.2) is 5.43 Å². The van der Waals surface area contributed by atoms with Crippen molar-refractivity contribution in [2.75, 3.05) is 0 Å². The van der Waals surface area contributed by atoms with Gasteiger partial charge < -0.3 is 5.73 Å². The molecule has 0 unspecified atom stereocenters. The lowest BCUT2D eigenvalue weighted by atomic mass is 9.89. The van der Waals surface area contributed by atoms with E-state index in [-0.39, 0.29) is 17.5 Å². The second-order valence-corrected chi connectivity index (χ2v) is 4.44. The number of guanidine groups is 1. The van der Waals surface area contributed by atoms with E-state index in [4.69, 9.17) is 11.1 Å². The fourth-order valence-corrected chi connectivity index (χ4v) is 1.94. The van der Waals surface area contributed by atoms with Gasteiger partial charge in [-0.15, -0.1) is 0 Å². The van der Waals surface area contributed by atoms with Crippen LogP contribution in [0.2, 0.25) is 0 Å². The van der Waals surface area contributed by atoms with E-state index in [0.29, 0.717) is 23.1 Å². The van der Waals surface area contributed by atoms with Crippen molar-refractivity contribution in [2.24, 2.45) is 10.8 Å². The largest absolute Gasteiger partial charge is 0.369 e. The molecule has 1 aromatic carbocycles. The highest BCUT2D eigenvalue weighted by Gasteiger charge is 2.22. The lowest BCUT2D eigenvalue weighted by Crippen LogP contribution is -2.25. The van der Waals surface area contributed by atoms with Gasteiger partial charge in [-0.05, 0) is 24.6 Å². The Balaban J connectivity index is 2.20. The van der Waals surface area contributed by atoms with Crippen molar-refractivity contribution in [3.05, 3.63) is 46.5 Å². The number of rotatable bonds is 3. The summed E-state index contributed by atoms with van der Waals surface area (Å²) >= 11 is 0. The molecule has 0 heterocycles. The molecule has 0 saturated carbocycles. The van der Waals surface area contributed by atoms with E-state index < -0.39 is 0 Å². The molecule has 0 spiro atoms. The van der Waals surface area contributed by atoms with Crippen LogP contribution in [0.1, 0.15) is 33.2 Å². The van der Waals surface area contributed by atoms with E-state index in [1.54, 1.807) is 31.3 Å². The number of hydrogen-bond donors (Lipinski definition) is 3. The number of hydrazone groups is 1. The molecule has 1 aromatic rings. The first kappa shape index (κ1) is 13.7. The van der Waals surface area contributed by atoms with Crippen LogP contribution in [0.5, 0.6) is 0 Å². The maximum Gasteiger partial charge on any atom is 0.206 e. The monoisotopic (exact) mass is 270 g/mol. The number of nitrogens with two attached hydrogens (primary N) is 1. The summed E-state index contributed by atoms with van der Waals surface area (Å²) in [4.78, 5) is 23.8. The van der Waals surface area contributed by atoms with Crippen LogP contribution in [0.4, 0.5) is 0 Å². The van der Waals surface area contributed by atoms with Crippen LogP contribution in [-0.4, -0.2) is 23.7 Å². The molecule has 20 heavy (non-hydrogen) atoms. The quantitative estimate of drug-likeness (QED) is 0.433. The molecule has 0 bridgehead atoms. The minimum absolute atomic E-state index is 0.113. The van der Waals surface area contributed by atoms with E-state index in [9.17, 15) is 9.59 Å². The molecule has 0 amide bonds. The third-order valence-electron chi connectivity index (χ3n) is 2.90. The Morgan fingerprint density at radius 3 is 2.85 bits per heavy atom. The van der Waals surface area contributed by atoms with Gasteiger partial charge in [-0.2, -0.15) is 5.10 Å². The van der Waals surface area contributed by atoms with Gasteiger partial charge in [0, 0.05) is 29.3 Å². The van der Waals surface area contributed by atoms with Crippen molar-refractivity contribution in [3.8, 4) is 0 Å². The highest BCUT2D eigenvalue weighted by Crippen LogP contribution is 2.22. The van der Waals surface area contributed by atoms with Crippen molar-refractivity contribution >= 4 is 23.7 Å². The smallest absolute Gasteiger partial charge is 0.206 e. The Kier molecular flexibility index (Phi) is 3.74. The van der Waals surface area contributed by atoms with Crippen LogP contribution in [0.15, 0.2) is 34.9 Å². The molecule has 6 heteroatoms. The van der Waals surface area contributed by atoms with E-state index in [0.717, 1.165) is 5.56 Å². The number of fused-ring (bicyclic) bond motifs is 1. The molecule has 0 aliphatic heterocycles. The van der Waals surface area contributed by atoms with Crippen molar-refractivity contribution in [1.29, 1.82) is 5.41 Å². The fourth-order valence-electron chi connectivity index (χ4n) is 1.94. The molecule has 0 radical (unpaired) electrons. The summed E-state index contributed by atoms with van der Waals surface area (Å²) in [7, 11) is 0. The Labute approximate surface area is 115 Å². The number of hydrogen-bond acceptors (Lipinski definition) is 4. The number of nitrogens with zero attached hydrogens (tertiary/aromatic N) is 1. The van der Waals surface area contributed by atoms with Crippen molar-refractivity contribution in [3.63, 3.8) is 0 Å². The first-order chi connectivity index (χ1) is 9.49. The van der Waals surface area contributed by atoms with Crippen LogP contribution in [-0.2, 0) is 6.42 Å². The second-order valence-electron chi connectivity index (χ2n) is 4.44. The molecule has 0 saturated heterocycles. The van der Waals surface area contributed by atoms with Gasteiger partial charge in [0.05, 0.1) is 0 Å². The summed E-state index contributed by atoms with van der Waals surface area (Å²) < 4.78 is 0. The minimum atomic E-state index is -0.243. The Bertz CT molecular complexity index is 659. The van der Waals surface area contributed by atoms with E-state index >= 15 is 0 Å². The van der Waals surface area contributed by atoms with Crippen LogP contribution in [0.3, 0.4) is 0 Å². The molecular weight excluding hydrogens is 256 g/mol. The second kappa shape index (κ2) is 5.48. The number of ketones is 2.